The molecule has 3 aromatic rings. The smallest absolute Gasteiger partial charge is 0.258 e. The second kappa shape index (κ2) is 7.40. The lowest BCUT2D eigenvalue weighted by atomic mass is 10.0. The van der Waals surface area contributed by atoms with Crippen molar-refractivity contribution < 1.29 is 4.39 Å². The zero-order valence-electron chi connectivity index (χ0n) is 13.0. The molecule has 0 unspecified atom stereocenters. The molecule has 3 rings (SSSR count). The first-order valence-electron chi connectivity index (χ1n) is 7.70. The maximum Gasteiger partial charge on any atom is 0.258 e. The van der Waals surface area contributed by atoms with Gasteiger partial charge in [0.2, 0.25) is 0 Å². The summed E-state index contributed by atoms with van der Waals surface area (Å²) in [5.41, 5.74) is 6.75. The van der Waals surface area contributed by atoms with Crippen LogP contribution in [0.1, 0.15) is 17.5 Å². The van der Waals surface area contributed by atoms with E-state index in [1.165, 1.54) is 6.07 Å². The average Bonchev–Trinajstić information content (AvgIpc) is 2.57. The van der Waals surface area contributed by atoms with E-state index < -0.39 is 0 Å². The van der Waals surface area contributed by atoms with Crippen molar-refractivity contribution in [3.63, 3.8) is 0 Å². The molecule has 0 aliphatic carbocycles. The lowest BCUT2D eigenvalue weighted by Gasteiger charge is -2.10. The van der Waals surface area contributed by atoms with Crippen molar-refractivity contribution in [3.8, 4) is 0 Å². The van der Waals surface area contributed by atoms with Gasteiger partial charge in [0.1, 0.15) is 5.82 Å². The van der Waals surface area contributed by atoms with E-state index in [2.05, 4.69) is 27.6 Å². The van der Waals surface area contributed by atoms with Crippen LogP contribution >= 0.6 is 22.6 Å². The van der Waals surface area contributed by atoms with Crippen molar-refractivity contribution in [2.24, 2.45) is 5.73 Å². The molecule has 0 atom stereocenters. The van der Waals surface area contributed by atoms with Gasteiger partial charge in [-0.15, -0.1) is 0 Å². The number of hydrogen-bond acceptors (Lipinski definition) is 3. The minimum Gasteiger partial charge on any atom is -0.330 e. The van der Waals surface area contributed by atoms with E-state index >= 15 is 0 Å². The van der Waals surface area contributed by atoms with Crippen LogP contribution in [0.5, 0.6) is 0 Å². The molecular weight excluding hydrogens is 420 g/mol. The Labute approximate surface area is 152 Å². The molecule has 1 aromatic carbocycles. The summed E-state index contributed by atoms with van der Waals surface area (Å²) in [7, 11) is 0. The summed E-state index contributed by atoms with van der Waals surface area (Å²) >= 11 is 2.07. The standard InChI is InChI=1S/C18H17FIN3O/c19-16-9-15(20)3-2-12(16)8-14-11-22-10-13-4-7-23(6-1-5-21)18(24)17(13)14/h2-4,7,9-11H,1,5-6,8,21H2. The van der Waals surface area contributed by atoms with Crippen LogP contribution in [0.25, 0.3) is 10.8 Å². The third-order valence-electron chi connectivity index (χ3n) is 3.96. The summed E-state index contributed by atoms with van der Waals surface area (Å²) in [6, 6.07) is 6.98. The van der Waals surface area contributed by atoms with E-state index in [9.17, 15) is 9.18 Å². The summed E-state index contributed by atoms with van der Waals surface area (Å²) in [6.45, 7) is 1.10. The van der Waals surface area contributed by atoms with Gasteiger partial charge in [-0.2, -0.15) is 0 Å². The number of aromatic nitrogens is 2. The number of hydrogen-bond donors (Lipinski definition) is 1. The van der Waals surface area contributed by atoms with Crippen LogP contribution in [0.2, 0.25) is 0 Å². The summed E-state index contributed by atoms with van der Waals surface area (Å²) in [6.07, 6.45) is 6.14. The fourth-order valence-corrected chi connectivity index (χ4v) is 3.19. The van der Waals surface area contributed by atoms with Crippen molar-refractivity contribution >= 4 is 33.4 Å². The van der Waals surface area contributed by atoms with Crippen molar-refractivity contribution in [3.05, 3.63) is 73.7 Å². The van der Waals surface area contributed by atoms with Crippen LogP contribution in [0.15, 0.2) is 47.7 Å². The third-order valence-corrected chi connectivity index (χ3v) is 4.63. The molecule has 0 fully saturated rings. The maximum absolute atomic E-state index is 14.2. The molecule has 2 aromatic heterocycles. The maximum atomic E-state index is 14.2. The van der Waals surface area contributed by atoms with Gasteiger partial charge in [0.05, 0.1) is 5.39 Å². The highest BCUT2D eigenvalue weighted by Crippen LogP contribution is 2.20. The lowest BCUT2D eigenvalue weighted by Crippen LogP contribution is -2.22. The molecule has 0 saturated heterocycles. The number of pyridine rings is 2. The van der Waals surface area contributed by atoms with Gasteiger partial charge in [-0.3, -0.25) is 9.78 Å². The normalized spacial score (nSPS) is 11.1. The molecule has 0 aliphatic heterocycles. The summed E-state index contributed by atoms with van der Waals surface area (Å²) < 4.78 is 16.7. The number of aryl methyl sites for hydroxylation is 1. The van der Waals surface area contributed by atoms with E-state index in [-0.39, 0.29) is 11.4 Å². The van der Waals surface area contributed by atoms with Gasteiger partial charge in [0, 0.05) is 40.5 Å². The van der Waals surface area contributed by atoms with Crippen LogP contribution in [-0.2, 0) is 13.0 Å². The number of nitrogens with zero attached hydrogens (tertiary/aromatic N) is 2. The molecule has 0 aliphatic rings. The molecule has 0 radical (unpaired) electrons. The van der Waals surface area contributed by atoms with Crippen LogP contribution < -0.4 is 11.3 Å². The van der Waals surface area contributed by atoms with Gasteiger partial charge >= 0.3 is 0 Å². The second-order valence-electron chi connectivity index (χ2n) is 5.63. The first-order valence-corrected chi connectivity index (χ1v) is 8.78. The SMILES string of the molecule is NCCCn1ccc2cncc(Cc3ccc(I)cc3F)c2c1=O. The fourth-order valence-electron chi connectivity index (χ4n) is 2.73. The van der Waals surface area contributed by atoms with Gasteiger partial charge in [-0.1, -0.05) is 6.07 Å². The minimum absolute atomic E-state index is 0.0794. The average molecular weight is 437 g/mol. The van der Waals surface area contributed by atoms with Crippen molar-refractivity contribution in [2.45, 2.75) is 19.4 Å². The Hall–Kier alpha value is -1.80. The molecule has 6 heteroatoms. The summed E-state index contributed by atoms with van der Waals surface area (Å²) in [5.74, 6) is -0.265. The molecule has 24 heavy (non-hydrogen) atoms. The Bertz CT molecular complexity index is 939. The quantitative estimate of drug-likeness (QED) is 0.625. The molecule has 0 amide bonds. The number of fused-ring (bicyclic) bond motifs is 1. The molecular formula is C18H17FIN3O. The Balaban J connectivity index is 2.08. The third kappa shape index (κ3) is 3.49. The van der Waals surface area contributed by atoms with E-state index in [1.807, 2.05) is 12.1 Å². The topological polar surface area (TPSA) is 60.9 Å². The van der Waals surface area contributed by atoms with Gasteiger partial charge < -0.3 is 10.3 Å². The summed E-state index contributed by atoms with van der Waals surface area (Å²) in [5, 5.41) is 1.37. The number of halogens is 2. The summed E-state index contributed by atoms with van der Waals surface area (Å²) in [4.78, 5) is 17.0. The molecule has 2 heterocycles. The highest BCUT2D eigenvalue weighted by Gasteiger charge is 2.11. The Morgan fingerprint density at radius 3 is 2.79 bits per heavy atom. The van der Waals surface area contributed by atoms with E-state index in [0.29, 0.717) is 30.5 Å². The first kappa shape index (κ1) is 17.0. The van der Waals surface area contributed by atoms with Gasteiger partial charge in [0.25, 0.3) is 5.56 Å². The predicted octanol–water partition coefficient (Wildman–Crippen LogP) is 3.08. The first-order chi connectivity index (χ1) is 11.6. The molecule has 0 spiro atoms. The van der Waals surface area contributed by atoms with Crippen LogP contribution in [0.4, 0.5) is 4.39 Å². The highest BCUT2D eigenvalue weighted by atomic mass is 127. The zero-order chi connectivity index (χ0) is 17.1. The molecule has 4 nitrogen and oxygen atoms in total. The highest BCUT2D eigenvalue weighted by molar-refractivity contribution is 14.1. The molecule has 0 bridgehead atoms. The molecule has 0 saturated carbocycles. The second-order valence-corrected chi connectivity index (χ2v) is 6.88. The Morgan fingerprint density at radius 1 is 1.21 bits per heavy atom. The van der Waals surface area contributed by atoms with E-state index in [0.717, 1.165) is 20.9 Å². The Kier molecular flexibility index (Phi) is 5.25. The predicted molar refractivity (Wildman–Crippen MR) is 102 cm³/mol. The minimum atomic E-state index is -0.265. The number of benzene rings is 1. The van der Waals surface area contributed by atoms with Crippen molar-refractivity contribution in [1.29, 1.82) is 0 Å². The van der Waals surface area contributed by atoms with Crippen LogP contribution in [-0.4, -0.2) is 16.1 Å². The Morgan fingerprint density at radius 2 is 2.04 bits per heavy atom. The largest absolute Gasteiger partial charge is 0.330 e. The van der Waals surface area contributed by atoms with Gasteiger partial charge in [-0.25, -0.2) is 4.39 Å². The van der Waals surface area contributed by atoms with Crippen LogP contribution in [0.3, 0.4) is 0 Å². The van der Waals surface area contributed by atoms with Crippen LogP contribution in [0, 0.1) is 9.39 Å². The van der Waals surface area contributed by atoms with E-state index in [4.69, 9.17) is 5.73 Å². The number of nitrogens with two attached hydrogens (primary N) is 1. The fraction of sp³-hybridized carbons (Fsp3) is 0.222. The van der Waals surface area contributed by atoms with Crippen molar-refractivity contribution in [1.82, 2.24) is 9.55 Å². The molecule has 2 N–H and O–H groups in total. The van der Waals surface area contributed by atoms with E-state index in [1.54, 1.807) is 29.2 Å². The van der Waals surface area contributed by atoms with Crippen molar-refractivity contribution in [2.75, 3.05) is 6.54 Å². The monoisotopic (exact) mass is 437 g/mol. The van der Waals surface area contributed by atoms with Gasteiger partial charge in [-0.05, 0) is 64.9 Å². The molecule has 124 valence electrons. The van der Waals surface area contributed by atoms with Gasteiger partial charge in [0.15, 0.2) is 0 Å². The number of rotatable bonds is 5. The zero-order valence-corrected chi connectivity index (χ0v) is 15.2. The lowest BCUT2D eigenvalue weighted by molar-refractivity contribution is 0.613.